The van der Waals surface area contributed by atoms with Crippen molar-refractivity contribution < 1.29 is 4.65 Å². The van der Waals surface area contributed by atoms with E-state index in [0.29, 0.717) is 0 Å². The lowest BCUT2D eigenvalue weighted by molar-refractivity contribution is -0.864. The van der Waals surface area contributed by atoms with E-state index in [1.165, 1.54) is 12.8 Å². The van der Waals surface area contributed by atoms with Crippen molar-refractivity contribution in [3.8, 4) is 0 Å². The molecule has 0 fully saturated rings. The maximum absolute atomic E-state index is 11.2. The molecule has 0 radical (unpaired) electrons. The van der Waals surface area contributed by atoms with Gasteiger partial charge in [0.2, 0.25) is 0 Å². The molecule has 0 aliphatic carbocycles. The highest BCUT2D eigenvalue weighted by molar-refractivity contribution is 4.50. The lowest BCUT2D eigenvalue weighted by Crippen LogP contribution is -2.41. The number of hydrogen-bond acceptors (Lipinski definition) is 1. The highest BCUT2D eigenvalue weighted by Crippen LogP contribution is 2.10. The summed E-state index contributed by atoms with van der Waals surface area (Å²) >= 11 is 0. The Morgan fingerprint density at radius 1 is 1.40 bits per heavy atom. The van der Waals surface area contributed by atoms with E-state index in [4.69, 9.17) is 0 Å². The summed E-state index contributed by atoms with van der Waals surface area (Å²) in [5.74, 6) is 0. The summed E-state index contributed by atoms with van der Waals surface area (Å²) in [7, 11) is 3.42. The molecule has 0 bridgehead atoms. The minimum Gasteiger partial charge on any atom is -0.633 e. The summed E-state index contributed by atoms with van der Waals surface area (Å²) in [6.07, 6.45) is 3.41. The van der Waals surface area contributed by atoms with E-state index < -0.39 is 0 Å². The molecule has 0 aromatic heterocycles. The van der Waals surface area contributed by atoms with Crippen molar-refractivity contribution in [2.24, 2.45) is 0 Å². The van der Waals surface area contributed by atoms with Gasteiger partial charge >= 0.3 is 0 Å². The van der Waals surface area contributed by atoms with E-state index in [-0.39, 0.29) is 10.7 Å². The zero-order valence-corrected chi connectivity index (χ0v) is 7.55. The normalized spacial score (nSPS) is 15.3. The summed E-state index contributed by atoms with van der Waals surface area (Å²) < 4.78 is -0.153. The van der Waals surface area contributed by atoms with Crippen LogP contribution >= 0.6 is 0 Å². The Kier molecular flexibility index (Phi) is 3.91. The summed E-state index contributed by atoms with van der Waals surface area (Å²) in [4.78, 5) is 0. The van der Waals surface area contributed by atoms with E-state index in [1.54, 1.807) is 14.1 Å². The highest BCUT2D eigenvalue weighted by Gasteiger charge is 2.12. The van der Waals surface area contributed by atoms with Crippen LogP contribution in [-0.4, -0.2) is 24.8 Å². The van der Waals surface area contributed by atoms with Crippen molar-refractivity contribution in [2.45, 2.75) is 39.2 Å². The van der Waals surface area contributed by atoms with Crippen molar-refractivity contribution in [3.05, 3.63) is 5.21 Å². The molecule has 0 aliphatic heterocycles. The molecule has 0 saturated carbocycles. The van der Waals surface area contributed by atoms with Gasteiger partial charge in [-0.2, -0.15) is 0 Å². The van der Waals surface area contributed by atoms with E-state index in [0.717, 1.165) is 6.42 Å². The van der Waals surface area contributed by atoms with Gasteiger partial charge in [-0.3, -0.25) is 0 Å². The van der Waals surface area contributed by atoms with Gasteiger partial charge in [0, 0.05) is 0 Å². The van der Waals surface area contributed by atoms with Gasteiger partial charge in [-0.25, -0.2) is 0 Å². The third-order valence-corrected chi connectivity index (χ3v) is 2.04. The average molecular weight is 145 g/mol. The first kappa shape index (κ1) is 9.92. The van der Waals surface area contributed by atoms with Gasteiger partial charge in [0.25, 0.3) is 0 Å². The topological polar surface area (TPSA) is 23.1 Å². The quantitative estimate of drug-likeness (QED) is 0.439. The molecular weight excluding hydrogens is 126 g/mol. The van der Waals surface area contributed by atoms with Gasteiger partial charge in [0.1, 0.15) is 0 Å². The maximum atomic E-state index is 11.2. The van der Waals surface area contributed by atoms with Gasteiger partial charge in [-0.1, -0.05) is 13.3 Å². The van der Waals surface area contributed by atoms with E-state index in [1.807, 2.05) is 6.92 Å². The van der Waals surface area contributed by atoms with Crippen molar-refractivity contribution in [3.63, 3.8) is 0 Å². The Labute approximate surface area is 64.0 Å². The second-order valence-electron chi connectivity index (χ2n) is 3.43. The van der Waals surface area contributed by atoms with Gasteiger partial charge in [0.05, 0.1) is 20.1 Å². The minimum absolute atomic E-state index is 0.153. The van der Waals surface area contributed by atoms with Crippen LogP contribution in [-0.2, 0) is 0 Å². The molecule has 2 heteroatoms. The van der Waals surface area contributed by atoms with Crippen LogP contribution in [0.4, 0.5) is 0 Å². The second kappa shape index (κ2) is 3.94. The second-order valence-corrected chi connectivity index (χ2v) is 3.43. The van der Waals surface area contributed by atoms with Gasteiger partial charge in [-0.15, -0.1) is 0 Å². The van der Waals surface area contributed by atoms with E-state index >= 15 is 0 Å². The Morgan fingerprint density at radius 2 is 1.90 bits per heavy atom. The van der Waals surface area contributed by atoms with Crippen LogP contribution in [0, 0.1) is 5.21 Å². The number of rotatable bonds is 4. The average Bonchev–Trinajstić information content (AvgIpc) is 1.80. The largest absolute Gasteiger partial charge is 0.633 e. The van der Waals surface area contributed by atoms with Gasteiger partial charge in [0.15, 0.2) is 0 Å². The molecule has 0 spiro atoms. The molecule has 0 amide bonds. The predicted molar refractivity (Wildman–Crippen MR) is 44.5 cm³/mol. The van der Waals surface area contributed by atoms with Crippen LogP contribution in [0.1, 0.15) is 33.1 Å². The van der Waals surface area contributed by atoms with Crippen molar-refractivity contribution in [1.82, 2.24) is 0 Å². The molecule has 0 aliphatic rings. The number of nitrogens with zero attached hydrogens (tertiary/aromatic N) is 1. The summed E-state index contributed by atoms with van der Waals surface area (Å²) in [5.41, 5.74) is 0. The monoisotopic (exact) mass is 145 g/mol. The molecule has 0 heterocycles. The molecular formula is C8H19NO. The SMILES string of the molecule is CCCCC(C)[N+](C)(C)[O-]. The van der Waals surface area contributed by atoms with Gasteiger partial charge < -0.3 is 9.85 Å². The molecule has 0 aromatic rings. The lowest BCUT2D eigenvalue weighted by Gasteiger charge is -2.40. The fraction of sp³-hybridized carbons (Fsp3) is 1.00. The van der Waals surface area contributed by atoms with Crippen LogP contribution in [0.5, 0.6) is 0 Å². The predicted octanol–water partition coefficient (Wildman–Crippen LogP) is 2.14. The Hall–Kier alpha value is -0.0800. The Bertz CT molecular complexity index is 85.7. The number of hydroxylamine groups is 3. The summed E-state index contributed by atoms with van der Waals surface area (Å²) in [6.45, 7) is 4.17. The van der Waals surface area contributed by atoms with Crippen molar-refractivity contribution in [2.75, 3.05) is 14.1 Å². The highest BCUT2D eigenvalue weighted by atomic mass is 16.5. The number of unbranched alkanes of at least 4 members (excludes halogenated alkanes) is 1. The molecule has 1 atom stereocenters. The molecule has 0 saturated heterocycles. The molecule has 62 valence electrons. The first-order valence-corrected chi connectivity index (χ1v) is 4.03. The molecule has 0 rings (SSSR count). The Balaban J connectivity index is 3.52. The standard InChI is InChI=1S/C8H19NO/c1-5-6-7-8(2)9(3,4)10/h8H,5-7H2,1-4H3. The smallest absolute Gasteiger partial charge is 0.0854 e. The molecule has 2 nitrogen and oxygen atoms in total. The fourth-order valence-corrected chi connectivity index (χ4v) is 0.810. The van der Waals surface area contributed by atoms with Gasteiger partial charge in [-0.05, 0) is 19.8 Å². The van der Waals surface area contributed by atoms with Crippen LogP contribution < -0.4 is 0 Å². The summed E-state index contributed by atoms with van der Waals surface area (Å²) in [5, 5.41) is 11.2. The zero-order chi connectivity index (χ0) is 8.20. The number of quaternary nitrogens is 1. The minimum atomic E-state index is -0.153. The Morgan fingerprint density at radius 3 is 2.20 bits per heavy atom. The van der Waals surface area contributed by atoms with Crippen LogP contribution in [0.15, 0.2) is 0 Å². The first-order valence-electron chi connectivity index (χ1n) is 4.03. The fourth-order valence-electron chi connectivity index (χ4n) is 0.810. The lowest BCUT2D eigenvalue weighted by atomic mass is 10.1. The first-order chi connectivity index (χ1) is 4.48. The molecule has 0 N–H and O–H groups in total. The van der Waals surface area contributed by atoms with Crippen LogP contribution in [0.2, 0.25) is 0 Å². The number of hydrogen-bond donors (Lipinski definition) is 0. The van der Waals surface area contributed by atoms with Crippen LogP contribution in [0.3, 0.4) is 0 Å². The van der Waals surface area contributed by atoms with Crippen molar-refractivity contribution in [1.29, 1.82) is 0 Å². The third-order valence-electron chi connectivity index (χ3n) is 2.04. The van der Waals surface area contributed by atoms with Crippen molar-refractivity contribution >= 4 is 0 Å². The zero-order valence-electron chi connectivity index (χ0n) is 7.55. The third kappa shape index (κ3) is 3.85. The van der Waals surface area contributed by atoms with E-state index in [2.05, 4.69) is 6.92 Å². The summed E-state index contributed by atoms with van der Waals surface area (Å²) in [6, 6.07) is 0.250. The molecule has 10 heavy (non-hydrogen) atoms. The van der Waals surface area contributed by atoms with Crippen LogP contribution in [0.25, 0.3) is 0 Å². The maximum Gasteiger partial charge on any atom is 0.0854 e. The molecule has 1 unspecified atom stereocenters. The van der Waals surface area contributed by atoms with E-state index in [9.17, 15) is 5.21 Å². The molecule has 0 aromatic carbocycles.